The average Bonchev–Trinajstić information content (AvgIpc) is 2.87. The minimum atomic E-state index is -3.89. The van der Waals surface area contributed by atoms with E-state index < -0.39 is 28.0 Å². The second-order valence-electron chi connectivity index (χ2n) is 7.74. The van der Waals surface area contributed by atoms with E-state index in [-0.39, 0.29) is 16.1 Å². The molecule has 9 nitrogen and oxygen atoms in total. The van der Waals surface area contributed by atoms with E-state index in [1.807, 2.05) is 30.3 Å². The molecule has 0 saturated heterocycles. The third-order valence-electron chi connectivity index (χ3n) is 5.16. The number of carbonyl (C=O) groups is 2. The molecule has 0 saturated carbocycles. The van der Waals surface area contributed by atoms with Crippen molar-refractivity contribution in [2.75, 3.05) is 17.9 Å². The Kier molecular flexibility index (Phi) is 7.21. The zero-order valence-corrected chi connectivity index (χ0v) is 19.7. The molecule has 0 spiro atoms. The van der Waals surface area contributed by atoms with Crippen molar-refractivity contribution in [2.24, 2.45) is 0 Å². The van der Waals surface area contributed by atoms with Crippen LogP contribution in [0, 0.1) is 0 Å². The lowest BCUT2D eigenvalue weighted by Crippen LogP contribution is -2.35. The lowest BCUT2D eigenvalue weighted by molar-refractivity contribution is -0.129. The van der Waals surface area contributed by atoms with Crippen LogP contribution in [-0.4, -0.2) is 39.6 Å². The topological polar surface area (TPSA) is 120 Å². The lowest BCUT2D eigenvalue weighted by atomic mass is 10.2. The summed E-state index contributed by atoms with van der Waals surface area (Å²) >= 11 is 0. The summed E-state index contributed by atoms with van der Waals surface area (Å²) in [6.07, 6.45) is -1.00. The van der Waals surface area contributed by atoms with Crippen LogP contribution in [0.3, 0.4) is 0 Å². The van der Waals surface area contributed by atoms with Gasteiger partial charge in [-0.25, -0.2) is 13.2 Å². The van der Waals surface area contributed by atoms with Gasteiger partial charge in [0.05, 0.1) is 10.5 Å². The van der Waals surface area contributed by atoms with Gasteiger partial charge in [0.2, 0.25) is 0 Å². The zero-order valence-electron chi connectivity index (χ0n) is 18.9. The predicted octanol–water partition coefficient (Wildman–Crippen LogP) is 3.12. The molecule has 0 aromatic heterocycles. The molecule has 0 bridgehead atoms. The molecule has 1 aliphatic rings. The second kappa shape index (κ2) is 10.5. The van der Waals surface area contributed by atoms with Gasteiger partial charge in [0, 0.05) is 18.3 Å². The van der Waals surface area contributed by atoms with Crippen molar-refractivity contribution in [1.82, 2.24) is 5.32 Å². The van der Waals surface area contributed by atoms with Crippen molar-refractivity contribution >= 4 is 27.6 Å². The van der Waals surface area contributed by atoms with Crippen LogP contribution in [0.4, 0.5) is 5.69 Å². The molecule has 1 atom stereocenters. The third kappa shape index (κ3) is 6.10. The van der Waals surface area contributed by atoms with Gasteiger partial charge in [-0.05, 0) is 48.9 Å². The Morgan fingerprint density at radius 1 is 0.943 bits per heavy atom. The fourth-order valence-corrected chi connectivity index (χ4v) is 4.36. The fourth-order valence-electron chi connectivity index (χ4n) is 3.29. The van der Waals surface area contributed by atoms with E-state index in [2.05, 4.69) is 10.0 Å². The van der Waals surface area contributed by atoms with Gasteiger partial charge in [0.15, 0.2) is 17.6 Å². The normalized spacial score (nSPS) is 13.4. The summed E-state index contributed by atoms with van der Waals surface area (Å²) in [7, 11) is -3.89. The Morgan fingerprint density at radius 2 is 1.63 bits per heavy atom. The number of fused-ring (bicyclic) bond motifs is 1. The van der Waals surface area contributed by atoms with E-state index >= 15 is 0 Å². The highest BCUT2D eigenvalue weighted by molar-refractivity contribution is 7.92. The predicted molar refractivity (Wildman–Crippen MR) is 128 cm³/mol. The number of rotatable bonds is 8. The van der Waals surface area contributed by atoms with Crippen LogP contribution in [0.25, 0.3) is 0 Å². The van der Waals surface area contributed by atoms with Gasteiger partial charge < -0.3 is 19.5 Å². The van der Waals surface area contributed by atoms with Crippen molar-refractivity contribution in [1.29, 1.82) is 0 Å². The van der Waals surface area contributed by atoms with Crippen molar-refractivity contribution in [3.05, 3.63) is 83.9 Å². The van der Waals surface area contributed by atoms with E-state index in [0.717, 1.165) is 5.56 Å². The Labute approximate surface area is 203 Å². The summed E-state index contributed by atoms with van der Waals surface area (Å²) in [5, 5.41) is 2.72. The molecule has 0 fully saturated rings. The van der Waals surface area contributed by atoms with Gasteiger partial charge in [0.1, 0.15) is 13.2 Å². The van der Waals surface area contributed by atoms with Crippen LogP contribution in [0.5, 0.6) is 11.5 Å². The zero-order chi connectivity index (χ0) is 24.8. The first-order chi connectivity index (χ1) is 16.8. The third-order valence-corrected chi connectivity index (χ3v) is 6.54. The quantitative estimate of drug-likeness (QED) is 0.460. The van der Waals surface area contributed by atoms with Crippen LogP contribution < -0.4 is 19.5 Å². The molecule has 0 radical (unpaired) electrons. The summed E-state index contributed by atoms with van der Waals surface area (Å²) in [6, 6.07) is 19.4. The SMILES string of the molecule is CC(OC(=O)c1ccc(NS(=O)(=O)c2ccc3c(c2)OCCO3)cc1)C(=O)NCc1ccccc1. The maximum atomic E-state index is 12.7. The van der Waals surface area contributed by atoms with E-state index in [1.165, 1.54) is 43.3 Å². The maximum Gasteiger partial charge on any atom is 0.338 e. The first-order valence-electron chi connectivity index (χ1n) is 10.9. The van der Waals surface area contributed by atoms with Crippen LogP contribution in [0.2, 0.25) is 0 Å². The Hall–Kier alpha value is -4.05. The summed E-state index contributed by atoms with van der Waals surface area (Å²) in [4.78, 5) is 24.7. The van der Waals surface area contributed by atoms with Crippen LogP contribution in [0.15, 0.2) is 77.7 Å². The minimum absolute atomic E-state index is 0.0144. The standard InChI is InChI=1S/C25H24N2O7S/c1-17(24(28)26-16-18-5-3-2-4-6-18)34-25(29)19-7-9-20(10-8-19)27-35(30,31)21-11-12-22-23(15-21)33-14-13-32-22/h2-12,15,17,27H,13-14,16H2,1H3,(H,26,28). The van der Waals surface area contributed by atoms with E-state index in [1.54, 1.807) is 6.07 Å². The van der Waals surface area contributed by atoms with Crippen molar-refractivity contribution in [2.45, 2.75) is 24.5 Å². The highest BCUT2D eigenvalue weighted by Crippen LogP contribution is 2.32. The second-order valence-corrected chi connectivity index (χ2v) is 9.42. The number of sulfonamides is 1. The van der Waals surface area contributed by atoms with Crippen molar-refractivity contribution in [3.63, 3.8) is 0 Å². The fraction of sp³-hybridized carbons (Fsp3) is 0.200. The molecule has 1 amide bonds. The number of nitrogens with one attached hydrogen (secondary N) is 2. The molecular weight excluding hydrogens is 472 g/mol. The Morgan fingerprint density at radius 3 is 2.34 bits per heavy atom. The molecule has 1 unspecified atom stereocenters. The highest BCUT2D eigenvalue weighted by atomic mass is 32.2. The number of ether oxygens (including phenoxy) is 3. The smallest absolute Gasteiger partial charge is 0.338 e. The minimum Gasteiger partial charge on any atom is -0.486 e. The molecule has 3 aromatic carbocycles. The van der Waals surface area contributed by atoms with Gasteiger partial charge in [-0.15, -0.1) is 0 Å². The number of anilines is 1. The number of hydrogen-bond acceptors (Lipinski definition) is 7. The molecule has 0 aliphatic carbocycles. The molecule has 4 rings (SSSR count). The monoisotopic (exact) mass is 496 g/mol. The number of carbonyl (C=O) groups excluding carboxylic acids is 2. The molecule has 2 N–H and O–H groups in total. The number of amides is 1. The van der Waals surface area contributed by atoms with Gasteiger partial charge in [0.25, 0.3) is 15.9 Å². The first kappa shape index (κ1) is 24.1. The summed E-state index contributed by atoms with van der Waals surface area (Å²) < 4.78 is 44.0. The van der Waals surface area contributed by atoms with Crippen LogP contribution in [0.1, 0.15) is 22.8 Å². The molecule has 10 heteroatoms. The maximum absolute atomic E-state index is 12.7. The van der Waals surface area contributed by atoms with Gasteiger partial charge in [-0.1, -0.05) is 30.3 Å². The summed E-state index contributed by atoms with van der Waals surface area (Å²) in [6.45, 7) is 2.55. The number of benzene rings is 3. The lowest BCUT2D eigenvalue weighted by Gasteiger charge is -2.19. The summed E-state index contributed by atoms with van der Waals surface area (Å²) in [5.41, 5.74) is 1.36. The van der Waals surface area contributed by atoms with E-state index in [9.17, 15) is 18.0 Å². The summed E-state index contributed by atoms with van der Waals surface area (Å²) in [5.74, 6) is -0.278. The molecule has 1 heterocycles. The van der Waals surface area contributed by atoms with E-state index in [0.29, 0.717) is 31.3 Å². The highest BCUT2D eigenvalue weighted by Gasteiger charge is 2.21. The number of hydrogen-bond donors (Lipinski definition) is 2. The molecule has 3 aromatic rings. The molecule has 35 heavy (non-hydrogen) atoms. The van der Waals surface area contributed by atoms with Crippen LogP contribution >= 0.6 is 0 Å². The Balaban J connectivity index is 1.34. The Bertz CT molecular complexity index is 1310. The first-order valence-corrected chi connectivity index (χ1v) is 12.4. The van der Waals surface area contributed by atoms with E-state index in [4.69, 9.17) is 14.2 Å². The van der Waals surface area contributed by atoms with Gasteiger partial charge >= 0.3 is 5.97 Å². The molecule has 1 aliphatic heterocycles. The average molecular weight is 497 g/mol. The molecule has 182 valence electrons. The van der Waals surface area contributed by atoms with Crippen molar-refractivity contribution in [3.8, 4) is 11.5 Å². The van der Waals surface area contributed by atoms with Gasteiger partial charge in [-0.2, -0.15) is 0 Å². The van der Waals surface area contributed by atoms with Crippen LogP contribution in [-0.2, 0) is 26.1 Å². The molecular formula is C25H24N2O7S. The largest absolute Gasteiger partial charge is 0.486 e. The van der Waals surface area contributed by atoms with Gasteiger partial charge in [-0.3, -0.25) is 9.52 Å². The number of esters is 1. The van der Waals surface area contributed by atoms with Crippen molar-refractivity contribution < 1.29 is 32.2 Å².